The molecule has 1 atom stereocenters. The molecule has 0 radical (unpaired) electrons. The van der Waals surface area contributed by atoms with Crippen molar-refractivity contribution in [1.82, 2.24) is 0 Å². The lowest BCUT2D eigenvalue weighted by atomic mass is 9.83. The number of carbonyl (C=O) groups is 1. The van der Waals surface area contributed by atoms with Gasteiger partial charge in [0.05, 0.1) is 6.10 Å². The fraction of sp³-hybridized carbons (Fsp3) is 0.900. The molecular formula is C10H20O2. The average Bonchev–Trinajstić information content (AvgIpc) is 1.85. The third-order valence-corrected chi connectivity index (χ3v) is 2.05. The van der Waals surface area contributed by atoms with Crippen molar-refractivity contribution in [3.05, 3.63) is 0 Å². The summed E-state index contributed by atoms with van der Waals surface area (Å²) in [6.07, 6.45) is 3.78. The summed E-state index contributed by atoms with van der Waals surface area (Å²) >= 11 is 0. The molecule has 0 saturated heterocycles. The molecule has 0 aliphatic heterocycles. The Morgan fingerprint density at radius 2 is 2.08 bits per heavy atom. The van der Waals surface area contributed by atoms with Crippen molar-refractivity contribution < 1.29 is 9.90 Å². The molecule has 0 aromatic rings. The summed E-state index contributed by atoms with van der Waals surface area (Å²) in [4.78, 5) is 10.3. The van der Waals surface area contributed by atoms with Crippen molar-refractivity contribution in [2.75, 3.05) is 0 Å². The lowest BCUT2D eigenvalue weighted by molar-refractivity contribution is -0.109. The Kier molecular flexibility index (Phi) is 5.14. The minimum atomic E-state index is -0.245. The van der Waals surface area contributed by atoms with E-state index < -0.39 is 0 Å². The van der Waals surface area contributed by atoms with Crippen LogP contribution in [0.2, 0.25) is 0 Å². The molecule has 0 bridgehead atoms. The SMILES string of the molecule is CCCC(O)CC(C)(C)CC=O. The Morgan fingerprint density at radius 1 is 1.50 bits per heavy atom. The molecule has 0 aromatic carbocycles. The molecule has 2 heteroatoms. The van der Waals surface area contributed by atoms with Gasteiger partial charge in [0.1, 0.15) is 6.29 Å². The maximum atomic E-state index is 10.3. The van der Waals surface area contributed by atoms with E-state index in [1.807, 2.05) is 13.8 Å². The van der Waals surface area contributed by atoms with Gasteiger partial charge in [0, 0.05) is 6.42 Å². The highest BCUT2D eigenvalue weighted by molar-refractivity contribution is 5.50. The lowest BCUT2D eigenvalue weighted by Gasteiger charge is -2.24. The zero-order valence-corrected chi connectivity index (χ0v) is 8.34. The number of carbonyl (C=O) groups excluding carboxylic acids is 1. The Hall–Kier alpha value is -0.370. The maximum absolute atomic E-state index is 10.3. The van der Waals surface area contributed by atoms with E-state index in [4.69, 9.17) is 0 Å². The second-order valence-corrected chi connectivity index (χ2v) is 4.18. The van der Waals surface area contributed by atoms with Gasteiger partial charge in [-0.05, 0) is 18.3 Å². The Bertz CT molecular complexity index is 130. The van der Waals surface area contributed by atoms with Crippen LogP contribution in [0, 0.1) is 5.41 Å². The molecular weight excluding hydrogens is 152 g/mol. The maximum Gasteiger partial charge on any atom is 0.120 e. The van der Waals surface area contributed by atoms with Gasteiger partial charge in [-0.15, -0.1) is 0 Å². The van der Waals surface area contributed by atoms with Gasteiger partial charge in [-0.1, -0.05) is 27.2 Å². The molecule has 1 unspecified atom stereocenters. The fourth-order valence-corrected chi connectivity index (χ4v) is 1.38. The topological polar surface area (TPSA) is 37.3 Å². The monoisotopic (exact) mass is 172 g/mol. The molecule has 0 aliphatic rings. The van der Waals surface area contributed by atoms with Crippen LogP contribution in [0.15, 0.2) is 0 Å². The molecule has 0 saturated carbocycles. The highest BCUT2D eigenvalue weighted by Crippen LogP contribution is 2.26. The van der Waals surface area contributed by atoms with Gasteiger partial charge in [0.2, 0.25) is 0 Å². The predicted octanol–water partition coefficient (Wildman–Crippen LogP) is 2.15. The molecule has 0 rings (SSSR count). The quantitative estimate of drug-likeness (QED) is 0.623. The fourth-order valence-electron chi connectivity index (χ4n) is 1.38. The molecule has 0 amide bonds. The van der Waals surface area contributed by atoms with E-state index in [0.717, 1.165) is 25.5 Å². The van der Waals surface area contributed by atoms with Crippen LogP contribution in [0.5, 0.6) is 0 Å². The minimum absolute atomic E-state index is 0.0453. The van der Waals surface area contributed by atoms with Gasteiger partial charge in [-0.3, -0.25) is 0 Å². The van der Waals surface area contributed by atoms with Gasteiger partial charge >= 0.3 is 0 Å². The van der Waals surface area contributed by atoms with Gasteiger partial charge < -0.3 is 9.90 Å². The molecule has 0 spiro atoms. The van der Waals surface area contributed by atoms with E-state index in [1.54, 1.807) is 0 Å². The van der Waals surface area contributed by atoms with Crippen LogP contribution in [0.25, 0.3) is 0 Å². The first kappa shape index (κ1) is 11.6. The third-order valence-electron chi connectivity index (χ3n) is 2.05. The van der Waals surface area contributed by atoms with Crippen molar-refractivity contribution in [1.29, 1.82) is 0 Å². The number of hydrogen-bond donors (Lipinski definition) is 1. The number of aldehydes is 1. The van der Waals surface area contributed by atoms with E-state index in [9.17, 15) is 9.90 Å². The van der Waals surface area contributed by atoms with Gasteiger partial charge in [-0.25, -0.2) is 0 Å². The summed E-state index contributed by atoms with van der Waals surface area (Å²) in [6.45, 7) is 6.08. The molecule has 2 nitrogen and oxygen atoms in total. The van der Waals surface area contributed by atoms with E-state index in [2.05, 4.69) is 6.92 Å². The molecule has 12 heavy (non-hydrogen) atoms. The highest BCUT2D eigenvalue weighted by Gasteiger charge is 2.20. The zero-order valence-electron chi connectivity index (χ0n) is 8.34. The normalized spacial score (nSPS) is 14.3. The smallest absolute Gasteiger partial charge is 0.120 e. The number of hydrogen-bond acceptors (Lipinski definition) is 2. The van der Waals surface area contributed by atoms with Gasteiger partial charge in [0.15, 0.2) is 0 Å². The molecule has 0 aliphatic carbocycles. The second-order valence-electron chi connectivity index (χ2n) is 4.18. The average molecular weight is 172 g/mol. The summed E-state index contributed by atoms with van der Waals surface area (Å²) in [6, 6.07) is 0. The van der Waals surface area contributed by atoms with Crippen LogP contribution < -0.4 is 0 Å². The zero-order chi connectivity index (χ0) is 9.61. The van der Waals surface area contributed by atoms with Crippen molar-refractivity contribution in [3.8, 4) is 0 Å². The van der Waals surface area contributed by atoms with Crippen LogP contribution in [-0.4, -0.2) is 17.5 Å². The van der Waals surface area contributed by atoms with Gasteiger partial charge in [-0.2, -0.15) is 0 Å². The van der Waals surface area contributed by atoms with E-state index in [1.165, 1.54) is 0 Å². The van der Waals surface area contributed by atoms with Crippen molar-refractivity contribution in [3.63, 3.8) is 0 Å². The van der Waals surface area contributed by atoms with Crippen LogP contribution >= 0.6 is 0 Å². The first-order valence-electron chi connectivity index (χ1n) is 4.63. The first-order valence-corrected chi connectivity index (χ1v) is 4.63. The molecule has 72 valence electrons. The number of aliphatic hydroxyl groups is 1. The Morgan fingerprint density at radius 3 is 2.50 bits per heavy atom. The number of rotatable bonds is 6. The summed E-state index contributed by atoms with van der Waals surface area (Å²) in [5.74, 6) is 0. The number of aliphatic hydroxyl groups excluding tert-OH is 1. The summed E-state index contributed by atoms with van der Waals surface area (Å²) in [5.41, 5.74) is -0.0453. The standard InChI is InChI=1S/C10H20O2/c1-4-5-9(12)8-10(2,3)6-7-11/h7,9,12H,4-6,8H2,1-3H3. The molecule has 1 N–H and O–H groups in total. The predicted molar refractivity (Wildman–Crippen MR) is 50.0 cm³/mol. The van der Waals surface area contributed by atoms with Crippen LogP contribution in [0.1, 0.15) is 46.5 Å². The molecule has 0 fully saturated rings. The summed E-state index contributed by atoms with van der Waals surface area (Å²) in [7, 11) is 0. The minimum Gasteiger partial charge on any atom is -0.393 e. The first-order chi connectivity index (χ1) is 5.52. The van der Waals surface area contributed by atoms with Crippen LogP contribution in [0.3, 0.4) is 0 Å². The largest absolute Gasteiger partial charge is 0.393 e. The van der Waals surface area contributed by atoms with Crippen molar-refractivity contribution >= 4 is 6.29 Å². The van der Waals surface area contributed by atoms with Crippen molar-refractivity contribution in [2.45, 2.75) is 52.6 Å². The van der Waals surface area contributed by atoms with Gasteiger partial charge in [0.25, 0.3) is 0 Å². The van der Waals surface area contributed by atoms with Crippen LogP contribution in [-0.2, 0) is 4.79 Å². The highest BCUT2D eigenvalue weighted by atomic mass is 16.3. The Balaban J connectivity index is 3.78. The molecule has 0 heterocycles. The van der Waals surface area contributed by atoms with E-state index in [-0.39, 0.29) is 11.5 Å². The summed E-state index contributed by atoms with van der Waals surface area (Å²) in [5, 5.41) is 9.50. The second kappa shape index (κ2) is 5.31. The van der Waals surface area contributed by atoms with Crippen molar-refractivity contribution in [2.24, 2.45) is 5.41 Å². The lowest BCUT2D eigenvalue weighted by Crippen LogP contribution is -2.20. The van der Waals surface area contributed by atoms with E-state index in [0.29, 0.717) is 6.42 Å². The molecule has 0 aromatic heterocycles. The van der Waals surface area contributed by atoms with Crippen LogP contribution in [0.4, 0.5) is 0 Å². The Labute approximate surface area is 75.0 Å². The third kappa shape index (κ3) is 5.30. The van der Waals surface area contributed by atoms with E-state index >= 15 is 0 Å². The summed E-state index contributed by atoms with van der Waals surface area (Å²) < 4.78 is 0.